The van der Waals surface area contributed by atoms with Gasteiger partial charge in [-0.25, -0.2) is 8.42 Å². The number of carboxylic acids is 1. The topological polar surface area (TPSA) is 136 Å². The highest BCUT2D eigenvalue weighted by Gasteiger charge is 2.33. The maximum absolute atomic E-state index is 12.6. The van der Waals surface area contributed by atoms with Crippen molar-refractivity contribution in [2.24, 2.45) is 0 Å². The summed E-state index contributed by atoms with van der Waals surface area (Å²) in [6.07, 6.45) is 0. The highest BCUT2D eigenvalue weighted by molar-refractivity contribution is 7.90. The van der Waals surface area contributed by atoms with Crippen molar-refractivity contribution in [1.82, 2.24) is 13.9 Å². The minimum Gasteiger partial charge on any atom is -0.480 e. The van der Waals surface area contributed by atoms with E-state index in [1.54, 1.807) is 0 Å². The van der Waals surface area contributed by atoms with Crippen molar-refractivity contribution in [2.45, 2.75) is 10.9 Å². The molecule has 0 bridgehead atoms. The third-order valence-electron chi connectivity index (χ3n) is 3.66. The standard InChI is InChI=1S/C13H20N4O6S2/c1-16(2)25(22,23)15-10-3-5-11(6-4-10)24(20,21)17-8-7-14-12(9-17)13(18)19/h3-6,12,14-15H,7-9H2,1-2H3,(H,18,19). The highest BCUT2D eigenvalue weighted by atomic mass is 32.2. The molecule has 25 heavy (non-hydrogen) atoms. The Morgan fingerprint density at radius 3 is 2.36 bits per heavy atom. The van der Waals surface area contributed by atoms with Gasteiger partial charge in [-0.3, -0.25) is 9.52 Å². The van der Waals surface area contributed by atoms with Crippen LogP contribution in [-0.2, 0) is 25.0 Å². The summed E-state index contributed by atoms with van der Waals surface area (Å²) in [7, 11) is -4.82. The van der Waals surface area contributed by atoms with Gasteiger partial charge in [0.2, 0.25) is 10.0 Å². The Balaban J connectivity index is 2.19. The van der Waals surface area contributed by atoms with Crippen molar-refractivity contribution < 1.29 is 26.7 Å². The predicted molar refractivity (Wildman–Crippen MR) is 90.9 cm³/mol. The van der Waals surface area contributed by atoms with Gasteiger partial charge in [0.05, 0.1) is 4.90 Å². The maximum Gasteiger partial charge on any atom is 0.322 e. The van der Waals surface area contributed by atoms with Gasteiger partial charge in [-0.2, -0.15) is 17.0 Å². The Hall–Kier alpha value is -1.73. The molecule has 0 aliphatic carbocycles. The zero-order valence-electron chi connectivity index (χ0n) is 13.7. The molecule has 3 N–H and O–H groups in total. The molecule has 1 atom stereocenters. The minimum absolute atomic E-state index is 0.0358. The van der Waals surface area contributed by atoms with E-state index in [-0.39, 0.29) is 30.2 Å². The molecule has 12 heteroatoms. The Bertz CT molecular complexity index is 836. The Kier molecular flexibility index (Phi) is 5.68. The first-order chi connectivity index (χ1) is 11.5. The number of hydrogen-bond acceptors (Lipinski definition) is 6. The normalized spacial score (nSPS) is 19.7. The fraction of sp³-hybridized carbons (Fsp3) is 0.462. The summed E-state index contributed by atoms with van der Waals surface area (Å²) in [6.45, 7) is 0.213. The molecule has 1 fully saturated rings. The van der Waals surface area contributed by atoms with Gasteiger partial charge in [-0.15, -0.1) is 0 Å². The number of nitrogens with zero attached hydrogens (tertiary/aromatic N) is 2. The van der Waals surface area contributed by atoms with Crippen molar-refractivity contribution in [1.29, 1.82) is 0 Å². The van der Waals surface area contributed by atoms with Crippen LogP contribution in [0.3, 0.4) is 0 Å². The van der Waals surface area contributed by atoms with E-state index in [2.05, 4.69) is 10.0 Å². The van der Waals surface area contributed by atoms with Crippen LogP contribution in [0, 0.1) is 0 Å². The molecule has 0 spiro atoms. The largest absolute Gasteiger partial charge is 0.480 e. The van der Waals surface area contributed by atoms with Crippen LogP contribution in [0.15, 0.2) is 29.2 Å². The van der Waals surface area contributed by atoms with E-state index in [0.29, 0.717) is 0 Å². The van der Waals surface area contributed by atoms with Crippen LogP contribution in [0.4, 0.5) is 5.69 Å². The van der Waals surface area contributed by atoms with Gasteiger partial charge in [-0.05, 0) is 24.3 Å². The molecule has 1 heterocycles. The van der Waals surface area contributed by atoms with Crippen molar-refractivity contribution in [3.8, 4) is 0 Å². The number of aliphatic carboxylic acids is 1. The lowest BCUT2D eigenvalue weighted by molar-refractivity contribution is -0.140. The number of hydrogen-bond donors (Lipinski definition) is 3. The summed E-state index contributed by atoms with van der Waals surface area (Å²) < 4.78 is 53.1. The molecule has 0 amide bonds. The van der Waals surface area contributed by atoms with Gasteiger partial charge in [0.15, 0.2) is 0 Å². The van der Waals surface area contributed by atoms with Gasteiger partial charge in [0.1, 0.15) is 6.04 Å². The van der Waals surface area contributed by atoms with Gasteiger partial charge < -0.3 is 10.4 Å². The van der Waals surface area contributed by atoms with Crippen molar-refractivity contribution in [3.05, 3.63) is 24.3 Å². The fourth-order valence-electron chi connectivity index (χ4n) is 2.19. The molecule has 1 aromatic rings. The maximum atomic E-state index is 12.6. The Morgan fingerprint density at radius 1 is 1.24 bits per heavy atom. The van der Waals surface area contributed by atoms with Gasteiger partial charge >= 0.3 is 16.2 Å². The van der Waals surface area contributed by atoms with E-state index in [1.165, 1.54) is 38.4 Å². The lowest BCUT2D eigenvalue weighted by Gasteiger charge is -2.30. The SMILES string of the molecule is CN(C)S(=O)(=O)Nc1ccc(S(=O)(=O)N2CCNC(C(=O)O)C2)cc1. The molecule has 0 saturated carbocycles. The van der Waals surface area contributed by atoms with Crippen molar-refractivity contribution in [3.63, 3.8) is 0 Å². The van der Waals surface area contributed by atoms with E-state index in [9.17, 15) is 21.6 Å². The van der Waals surface area contributed by atoms with Crippen LogP contribution < -0.4 is 10.0 Å². The third kappa shape index (κ3) is 4.46. The predicted octanol–water partition coefficient (Wildman–Crippen LogP) is -1.05. The van der Waals surface area contributed by atoms with Crippen molar-refractivity contribution >= 4 is 31.9 Å². The molecular formula is C13H20N4O6S2. The second-order valence-corrected chi connectivity index (χ2v) is 9.44. The molecule has 10 nitrogen and oxygen atoms in total. The summed E-state index contributed by atoms with van der Waals surface area (Å²) >= 11 is 0. The van der Waals surface area contributed by atoms with Crippen LogP contribution in [0.25, 0.3) is 0 Å². The molecular weight excluding hydrogens is 372 g/mol. The first-order valence-electron chi connectivity index (χ1n) is 7.31. The third-order valence-corrected chi connectivity index (χ3v) is 6.99. The van der Waals surface area contributed by atoms with E-state index < -0.39 is 32.2 Å². The number of carbonyl (C=O) groups is 1. The smallest absolute Gasteiger partial charge is 0.322 e. The molecule has 0 aromatic heterocycles. The summed E-state index contributed by atoms with van der Waals surface area (Å²) in [5, 5.41) is 11.8. The Labute approximate surface area is 146 Å². The first-order valence-corrected chi connectivity index (χ1v) is 10.2. The first kappa shape index (κ1) is 19.6. The van der Waals surface area contributed by atoms with Crippen LogP contribution in [0.5, 0.6) is 0 Å². The van der Waals surface area contributed by atoms with Gasteiger partial charge in [0.25, 0.3) is 0 Å². The molecule has 1 saturated heterocycles. The lowest BCUT2D eigenvalue weighted by Crippen LogP contribution is -2.55. The number of anilines is 1. The highest BCUT2D eigenvalue weighted by Crippen LogP contribution is 2.20. The van der Waals surface area contributed by atoms with E-state index in [0.717, 1.165) is 8.61 Å². The molecule has 2 rings (SSSR count). The second-order valence-electron chi connectivity index (χ2n) is 5.62. The van der Waals surface area contributed by atoms with Crippen LogP contribution in [0.1, 0.15) is 0 Å². The quantitative estimate of drug-likeness (QED) is 0.562. The van der Waals surface area contributed by atoms with Crippen LogP contribution >= 0.6 is 0 Å². The van der Waals surface area contributed by atoms with Gasteiger partial charge in [0, 0.05) is 39.4 Å². The number of carboxylic acid groups (broad SMARTS) is 1. The minimum atomic E-state index is -3.86. The summed E-state index contributed by atoms with van der Waals surface area (Å²) in [5.41, 5.74) is 0.219. The molecule has 1 aliphatic heterocycles. The molecule has 1 unspecified atom stereocenters. The molecule has 140 valence electrons. The van der Waals surface area contributed by atoms with Crippen molar-refractivity contribution in [2.75, 3.05) is 38.5 Å². The Morgan fingerprint density at radius 2 is 1.84 bits per heavy atom. The number of piperazine rings is 1. The molecule has 1 aliphatic rings. The average molecular weight is 392 g/mol. The molecule has 1 aromatic carbocycles. The van der Waals surface area contributed by atoms with Gasteiger partial charge in [-0.1, -0.05) is 0 Å². The molecule has 0 radical (unpaired) electrons. The van der Waals surface area contributed by atoms with E-state index in [1.807, 2.05) is 0 Å². The van der Waals surface area contributed by atoms with E-state index >= 15 is 0 Å². The number of benzene rings is 1. The summed E-state index contributed by atoms with van der Waals surface area (Å²) in [6, 6.07) is 4.27. The zero-order valence-corrected chi connectivity index (χ0v) is 15.3. The number of rotatable bonds is 6. The van der Waals surface area contributed by atoms with Crippen LogP contribution in [0.2, 0.25) is 0 Å². The monoisotopic (exact) mass is 392 g/mol. The summed E-state index contributed by atoms with van der Waals surface area (Å²) in [4.78, 5) is 11.0. The second kappa shape index (κ2) is 7.25. The lowest BCUT2D eigenvalue weighted by atomic mass is 10.2. The van der Waals surface area contributed by atoms with Crippen LogP contribution in [-0.4, -0.2) is 76.3 Å². The fourth-order valence-corrected chi connectivity index (χ4v) is 4.26. The summed E-state index contributed by atoms with van der Waals surface area (Å²) in [5.74, 6) is -1.12. The van der Waals surface area contributed by atoms with E-state index in [4.69, 9.17) is 5.11 Å². The number of sulfonamides is 1. The number of nitrogens with one attached hydrogen (secondary N) is 2. The average Bonchev–Trinajstić information content (AvgIpc) is 2.55. The zero-order chi connectivity index (χ0) is 18.8.